The van der Waals surface area contributed by atoms with E-state index in [0.717, 1.165) is 6.07 Å². The normalized spacial score (nSPS) is 28.1. The average Bonchev–Trinajstić information content (AvgIpc) is 2.80. The Balaban J connectivity index is 1.59. The van der Waals surface area contributed by atoms with Crippen LogP contribution >= 0.6 is 0 Å². The third-order valence-electron chi connectivity index (χ3n) is 5.69. The number of esters is 1. The second-order valence-corrected chi connectivity index (χ2v) is 8.06. The van der Waals surface area contributed by atoms with Gasteiger partial charge in [0.1, 0.15) is 47.2 Å². The molecule has 0 amide bonds. The first kappa shape index (κ1) is 24.5. The SMILES string of the molecule is CCOC(=O)[C@@H]1O[C@@H](Oc2cc(O)c3c(c2)O[C@H](c2ccc(O)c(O)c2)CC3=O)[C@H](O)[C@@H](O)[C@@H]1O. The summed E-state index contributed by atoms with van der Waals surface area (Å²) in [6, 6.07) is 6.26. The van der Waals surface area contributed by atoms with Gasteiger partial charge in [-0.2, -0.15) is 0 Å². The molecule has 35 heavy (non-hydrogen) atoms. The van der Waals surface area contributed by atoms with Gasteiger partial charge in [0.15, 0.2) is 23.4 Å². The van der Waals surface area contributed by atoms with Gasteiger partial charge in [0.05, 0.1) is 13.0 Å². The van der Waals surface area contributed by atoms with E-state index >= 15 is 0 Å². The van der Waals surface area contributed by atoms with E-state index in [9.17, 15) is 40.2 Å². The van der Waals surface area contributed by atoms with Crippen LogP contribution in [0.3, 0.4) is 0 Å². The molecule has 12 heteroatoms. The van der Waals surface area contributed by atoms with Gasteiger partial charge in [-0.3, -0.25) is 4.79 Å². The number of benzene rings is 2. The highest BCUT2D eigenvalue weighted by atomic mass is 16.7. The van der Waals surface area contributed by atoms with E-state index < -0.39 is 60.1 Å². The van der Waals surface area contributed by atoms with E-state index in [-0.39, 0.29) is 35.8 Å². The minimum atomic E-state index is -1.81. The minimum Gasteiger partial charge on any atom is -0.507 e. The van der Waals surface area contributed by atoms with Gasteiger partial charge in [0.2, 0.25) is 6.29 Å². The first-order chi connectivity index (χ1) is 16.6. The number of aliphatic hydroxyl groups is 3. The lowest BCUT2D eigenvalue weighted by Gasteiger charge is -2.39. The molecule has 0 spiro atoms. The molecular weight excluding hydrogens is 468 g/mol. The number of hydrogen-bond acceptors (Lipinski definition) is 12. The monoisotopic (exact) mass is 492 g/mol. The number of hydrogen-bond donors (Lipinski definition) is 6. The molecule has 6 atom stereocenters. The molecule has 0 aromatic heterocycles. The molecule has 2 heterocycles. The van der Waals surface area contributed by atoms with Gasteiger partial charge in [-0.15, -0.1) is 0 Å². The molecule has 0 aliphatic carbocycles. The van der Waals surface area contributed by atoms with E-state index in [2.05, 4.69) is 0 Å². The Hall–Kier alpha value is -3.58. The molecule has 2 aromatic carbocycles. The van der Waals surface area contributed by atoms with Gasteiger partial charge in [0.25, 0.3) is 0 Å². The van der Waals surface area contributed by atoms with Crippen molar-refractivity contribution in [1.29, 1.82) is 0 Å². The molecule has 1 fully saturated rings. The molecular formula is C23H24O12. The van der Waals surface area contributed by atoms with Crippen LogP contribution in [0.1, 0.15) is 35.4 Å². The molecule has 0 bridgehead atoms. The van der Waals surface area contributed by atoms with Crippen LogP contribution in [0, 0.1) is 0 Å². The van der Waals surface area contributed by atoms with Crippen LogP contribution in [0.4, 0.5) is 0 Å². The number of aromatic hydroxyl groups is 3. The zero-order valence-electron chi connectivity index (χ0n) is 18.4. The van der Waals surface area contributed by atoms with Crippen molar-refractivity contribution in [1.82, 2.24) is 0 Å². The summed E-state index contributed by atoms with van der Waals surface area (Å²) in [7, 11) is 0. The van der Waals surface area contributed by atoms with Crippen LogP contribution in [0.25, 0.3) is 0 Å². The molecule has 0 saturated carbocycles. The van der Waals surface area contributed by atoms with Crippen molar-refractivity contribution in [3.8, 4) is 28.7 Å². The predicted molar refractivity (Wildman–Crippen MR) is 114 cm³/mol. The standard InChI is InChI=1S/C23H24O12/c1-2-32-22(31)21-19(29)18(28)20(30)23(35-21)33-10-6-13(26)17-14(27)8-15(34-16(17)7-10)9-3-4-11(24)12(25)5-9/h3-7,15,18-21,23-26,28-30H,2,8H2,1H3/t15-,18-,19-,20+,21+,23+/m0/s1. The topological polar surface area (TPSA) is 192 Å². The second kappa shape index (κ2) is 9.58. The molecule has 6 N–H and O–H groups in total. The Morgan fingerprint density at radius 2 is 1.74 bits per heavy atom. The Labute approximate surface area is 198 Å². The molecule has 0 unspecified atom stereocenters. The van der Waals surface area contributed by atoms with E-state index in [1.807, 2.05) is 0 Å². The van der Waals surface area contributed by atoms with Crippen LogP contribution in [0.2, 0.25) is 0 Å². The number of rotatable bonds is 5. The fraction of sp³-hybridized carbons (Fsp3) is 0.391. The van der Waals surface area contributed by atoms with Gasteiger partial charge >= 0.3 is 5.97 Å². The third kappa shape index (κ3) is 4.68. The van der Waals surface area contributed by atoms with Crippen LogP contribution in [0.5, 0.6) is 28.7 Å². The van der Waals surface area contributed by atoms with Gasteiger partial charge < -0.3 is 49.6 Å². The van der Waals surface area contributed by atoms with Crippen LogP contribution in [0.15, 0.2) is 30.3 Å². The van der Waals surface area contributed by atoms with Crippen molar-refractivity contribution in [3.05, 3.63) is 41.5 Å². The molecule has 4 rings (SSSR count). The number of carbonyl (C=O) groups is 2. The lowest BCUT2D eigenvalue weighted by Crippen LogP contribution is -2.61. The lowest BCUT2D eigenvalue weighted by molar-refractivity contribution is -0.272. The predicted octanol–water partition coefficient (Wildman–Crippen LogP) is 0.259. The number of phenolic OH excluding ortho intramolecular Hbond substituents is 3. The number of phenols is 3. The van der Waals surface area contributed by atoms with Crippen molar-refractivity contribution in [3.63, 3.8) is 0 Å². The zero-order chi connectivity index (χ0) is 25.4. The molecule has 188 valence electrons. The average molecular weight is 492 g/mol. The maximum absolute atomic E-state index is 12.7. The summed E-state index contributed by atoms with van der Waals surface area (Å²) in [6.45, 7) is 1.52. The van der Waals surface area contributed by atoms with Crippen LogP contribution in [-0.2, 0) is 14.3 Å². The van der Waals surface area contributed by atoms with Crippen molar-refractivity contribution >= 4 is 11.8 Å². The number of ether oxygens (including phenoxy) is 4. The molecule has 0 radical (unpaired) electrons. The first-order valence-electron chi connectivity index (χ1n) is 10.7. The number of carbonyl (C=O) groups excluding carboxylic acids is 2. The van der Waals surface area contributed by atoms with Crippen LogP contribution in [-0.4, -0.2) is 79.7 Å². The molecule has 12 nitrogen and oxygen atoms in total. The lowest BCUT2D eigenvalue weighted by atomic mass is 9.95. The number of Topliss-reactive ketones (excluding diaryl/α,β-unsaturated/α-hetero) is 1. The molecule has 2 aliphatic rings. The minimum absolute atomic E-state index is 0.0143. The summed E-state index contributed by atoms with van der Waals surface area (Å²) in [4.78, 5) is 24.8. The fourth-order valence-corrected chi connectivity index (χ4v) is 3.91. The second-order valence-electron chi connectivity index (χ2n) is 8.06. The third-order valence-corrected chi connectivity index (χ3v) is 5.69. The van der Waals surface area contributed by atoms with E-state index in [0.29, 0.717) is 5.56 Å². The fourth-order valence-electron chi connectivity index (χ4n) is 3.91. The Morgan fingerprint density at radius 3 is 2.43 bits per heavy atom. The maximum Gasteiger partial charge on any atom is 0.338 e. The van der Waals surface area contributed by atoms with Crippen molar-refractivity contribution < 1.29 is 59.2 Å². The largest absolute Gasteiger partial charge is 0.507 e. The smallest absolute Gasteiger partial charge is 0.338 e. The summed E-state index contributed by atoms with van der Waals surface area (Å²) >= 11 is 0. The van der Waals surface area contributed by atoms with E-state index in [1.54, 1.807) is 0 Å². The molecule has 2 aromatic rings. The van der Waals surface area contributed by atoms with Gasteiger partial charge in [-0.25, -0.2) is 4.79 Å². The highest BCUT2D eigenvalue weighted by molar-refractivity contribution is 6.02. The number of fused-ring (bicyclic) bond motifs is 1. The first-order valence-corrected chi connectivity index (χ1v) is 10.7. The molecule has 1 saturated heterocycles. The number of aliphatic hydroxyl groups excluding tert-OH is 3. The van der Waals surface area contributed by atoms with Gasteiger partial charge in [0, 0.05) is 12.1 Å². The summed E-state index contributed by atoms with van der Waals surface area (Å²) in [5.74, 6) is -2.86. The van der Waals surface area contributed by atoms with Crippen molar-refractivity contribution in [2.45, 2.75) is 50.2 Å². The van der Waals surface area contributed by atoms with Gasteiger partial charge in [-0.05, 0) is 24.6 Å². The zero-order valence-corrected chi connectivity index (χ0v) is 18.4. The van der Waals surface area contributed by atoms with Crippen molar-refractivity contribution in [2.75, 3.05) is 6.61 Å². The van der Waals surface area contributed by atoms with E-state index in [1.165, 1.54) is 31.2 Å². The summed E-state index contributed by atoms with van der Waals surface area (Å²) in [5, 5.41) is 60.2. The molecule has 2 aliphatic heterocycles. The highest BCUT2D eigenvalue weighted by Gasteiger charge is 2.48. The Kier molecular flexibility index (Phi) is 6.72. The number of ketones is 1. The quantitative estimate of drug-likeness (QED) is 0.247. The summed E-state index contributed by atoms with van der Waals surface area (Å²) in [5.41, 5.74) is 0.284. The van der Waals surface area contributed by atoms with Gasteiger partial charge in [-0.1, -0.05) is 6.07 Å². The summed E-state index contributed by atoms with van der Waals surface area (Å²) in [6.07, 6.45) is -9.65. The maximum atomic E-state index is 12.7. The Morgan fingerprint density at radius 1 is 1.00 bits per heavy atom. The highest BCUT2D eigenvalue weighted by Crippen LogP contribution is 2.43. The van der Waals surface area contributed by atoms with Crippen molar-refractivity contribution in [2.24, 2.45) is 0 Å². The van der Waals surface area contributed by atoms with Crippen LogP contribution < -0.4 is 9.47 Å². The van der Waals surface area contributed by atoms with E-state index in [4.69, 9.17) is 18.9 Å². The summed E-state index contributed by atoms with van der Waals surface area (Å²) < 4.78 is 21.5. The Bertz CT molecular complexity index is 1130.